The summed E-state index contributed by atoms with van der Waals surface area (Å²) in [4.78, 5) is 14.2. The van der Waals surface area contributed by atoms with Crippen molar-refractivity contribution in [1.82, 2.24) is 0 Å². The van der Waals surface area contributed by atoms with Crippen LogP contribution in [0.15, 0.2) is 11.6 Å². The molecule has 0 unspecified atom stereocenters. The number of aliphatic hydroxyl groups is 1. The Balaban J connectivity index is 1.69. The van der Waals surface area contributed by atoms with E-state index in [-0.39, 0.29) is 16.6 Å². The molecular weight excluding hydrogens is 400 g/mol. The Morgan fingerprint density at radius 3 is 2.59 bits per heavy atom. The van der Waals surface area contributed by atoms with Crippen molar-refractivity contribution >= 4 is 40.1 Å². The number of thiocarbonyl (C=S) groups is 2. The SMILES string of the molecule is CCC(=S)O[C@]1(C(=O)CO)CC[C@H]2[C@@H]3CCC4=CC(=S)CC[C@]4(C)[C@H]3CC[C@@]21C. The van der Waals surface area contributed by atoms with E-state index in [2.05, 4.69) is 19.9 Å². The molecule has 0 amide bonds. The number of carbonyl (C=O) groups is 1. The summed E-state index contributed by atoms with van der Waals surface area (Å²) in [7, 11) is 0. The van der Waals surface area contributed by atoms with Crippen LogP contribution in [0.25, 0.3) is 0 Å². The lowest BCUT2D eigenvalue weighted by atomic mass is 9.46. The zero-order chi connectivity index (χ0) is 21.0. The normalized spacial score (nSPS) is 43.7. The fourth-order valence-corrected chi connectivity index (χ4v) is 8.02. The lowest BCUT2D eigenvalue weighted by molar-refractivity contribution is -0.160. The smallest absolute Gasteiger partial charge is 0.202 e. The first-order chi connectivity index (χ1) is 13.7. The Bertz CT molecular complexity index is 774. The van der Waals surface area contributed by atoms with E-state index in [4.69, 9.17) is 29.2 Å². The second-order valence-electron chi connectivity index (χ2n) is 10.2. The Hall–Kier alpha value is -0.650. The summed E-state index contributed by atoms with van der Waals surface area (Å²) in [5, 5.41) is 10.3. The lowest BCUT2D eigenvalue weighted by Gasteiger charge is -2.59. The molecule has 0 aromatic rings. The molecule has 4 aliphatic carbocycles. The Kier molecular flexibility index (Phi) is 5.57. The van der Waals surface area contributed by atoms with E-state index in [1.807, 2.05) is 6.92 Å². The van der Waals surface area contributed by atoms with Gasteiger partial charge in [-0.3, -0.25) is 4.79 Å². The predicted molar refractivity (Wildman–Crippen MR) is 123 cm³/mol. The molecule has 4 rings (SSSR count). The molecule has 3 saturated carbocycles. The van der Waals surface area contributed by atoms with Gasteiger partial charge in [0, 0.05) is 16.7 Å². The molecule has 0 aliphatic heterocycles. The molecule has 0 aromatic heterocycles. The maximum Gasteiger partial charge on any atom is 0.202 e. The first-order valence-corrected chi connectivity index (χ1v) is 12.1. The maximum atomic E-state index is 13.1. The Labute approximate surface area is 185 Å². The van der Waals surface area contributed by atoms with Crippen LogP contribution < -0.4 is 0 Å². The minimum absolute atomic E-state index is 0.178. The quantitative estimate of drug-likeness (QED) is 0.603. The fraction of sp³-hybridized carbons (Fsp3) is 0.792. The number of ether oxygens (including phenoxy) is 1. The fourth-order valence-electron chi connectivity index (χ4n) is 7.63. The van der Waals surface area contributed by atoms with Crippen LogP contribution in [-0.4, -0.2) is 33.0 Å². The van der Waals surface area contributed by atoms with Crippen molar-refractivity contribution in [3.8, 4) is 0 Å². The molecule has 0 aromatic carbocycles. The van der Waals surface area contributed by atoms with Crippen LogP contribution >= 0.6 is 24.4 Å². The zero-order valence-electron chi connectivity index (χ0n) is 18.0. The van der Waals surface area contributed by atoms with Gasteiger partial charge < -0.3 is 9.84 Å². The monoisotopic (exact) mass is 434 g/mol. The summed E-state index contributed by atoms with van der Waals surface area (Å²) in [6, 6.07) is 0. The predicted octanol–water partition coefficient (Wildman–Crippen LogP) is 5.37. The molecule has 3 nitrogen and oxygen atoms in total. The van der Waals surface area contributed by atoms with Gasteiger partial charge in [-0.05, 0) is 92.8 Å². The molecule has 0 saturated heterocycles. The van der Waals surface area contributed by atoms with Crippen molar-refractivity contribution in [2.45, 2.75) is 84.2 Å². The summed E-state index contributed by atoms with van der Waals surface area (Å²) >= 11 is 10.9. The topological polar surface area (TPSA) is 46.5 Å². The Morgan fingerprint density at radius 1 is 1.17 bits per heavy atom. The highest BCUT2D eigenvalue weighted by molar-refractivity contribution is 7.80. The number of hydrogen-bond acceptors (Lipinski definition) is 5. The highest BCUT2D eigenvalue weighted by atomic mass is 32.1. The summed E-state index contributed by atoms with van der Waals surface area (Å²) in [6.45, 7) is 6.21. The van der Waals surface area contributed by atoms with Crippen LogP contribution in [0.5, 0.6) is 0 Å². The van der Waals surface area contributed by atoms with Crippen LogP contribution in [0.3, 0.4) is 0 Å². The lowest BCUT2D eigenvalue weighted by Crippen LogP contribution is -2.59. The summed E-state index contributed by atoms with van der Waals surface area (Å²) in [6.07, 6.45) is 11.2. The van der Waals surface area contributed by atoms with Crippen molar-refractivity contribution in [2.75, 3.05) is 6.61 Å². The van der Waals surface area contributed by atoms with Gasteiger partial charge in [0.15, 0.2) is 10.7 Å². The highest BCUT2D eigenvalue weighted by Gasteiger charge is 2.68. The minimum Gasteiger partial charge on any atom is -0.472 e. The Morgan fingerprint density at radius 2 is 1.90 bits per heavy atom. The average Bonchev–Trinajstić information content (AvgIpc) is 3.01. The zero-order valence-corrected chi connectivity index (χ0v) is 19.6. The molecule has 5 heteroatoms. The van der Waals surface area contributed by atoms with Crippen molar-refractivity contribution in [1.29, 1.82) is 0 Å². The molecule has 1 N–H and O–H groups in total. The van der Waals surface area contributed by atoms with Gasteiger partial charge in [-0.2, -0.15) is 0 Å². The molecular formula is C24H34O3S2. The van der Waals surface area contributed by atoms with E-state index in [1.165, 1.54) is 12.8 Å². The van der Waals surface area contributed by atoms with Crippen molar-refractivity contribution in [2.24, 2.45) is 28.6 Å². The van der Waals surface area contributed by atoms with E-state index in [0.717, 1.165) is 37.0 Å². The van der Waals surface area contributed by atoms with E-state index >= 15 is 0 Å². The van der Waals surface area contributed by atoms with Crippen LogP contribution in [0.2, 0.25) is 0 Å². The van der Waals surface area contributed by atoms with Crippen molar-refractivity contribution in [3.05, 3.63) is 11.6 Å². The molecule has 160 valence electrons. The number of rotatable bonds is 4. The van der Waals surface area contributed by atoms with Gasteiger partial charge in [-0.25, -0.2) is 0 Å². The number of fused-ring (bicyclic) bond motifs is 5. The largest absolute Gasteiger partial charge is 0.472 e. The van der Waals surface area contributed by atoms with E-state index < -0.39 is 12.2 Å². The van der Waals surface area contributed by atoms with Crippen LogP contribution in [-0.2, 0) is 9.53 Å². The van der Waals surface area contributed by atoms with Crippen LogP contribution in [0.1, 0.15) is 78.6 Å². The third-order valence-corrected chi connectivity index (χ3v) is 9.95. The van der Waals surface area contributed by atoms with E-state index in [1.54, 1.807) is 5.57 Å². The molecule has 0 heterocycles. The number of allylic oxidation sites excluding steroid dienone is 2. The van der Waals surface area contributed by atoms with Gasteiger partial charge in [0.2, 0.25) is 5.78 Å². The highest BCUT2D eigenvalue weighted by Crippen LogP contribution is 2.68. The third-order valence-electron chi connectivity index (χ3n) is 9.25. The number of ketones is 1. The molecule has 3 fully saturated rings. The van der Waals surface area contributed by atoms with Gasteiger partial charge in [0.25, 0.3) is 0 Å². The minimum atomic E-state index is -0.949. The van der Waals surface area contributed by atoms with Gasteiger partial charge >= 0.3 is 0 Å². The van der Waals surface area contributed by atoms with Crippen LogP contribution in [0, 0.1) is 28.6 Å². The first-order valence-electron chi connectivity index (χ1n) is 11.3. The molecule has 0 spiro atoms. The second kappa shape index (κ2) is 7.49. The number of aliphatic hydroxyl groups excluding tert-OH is 1. The summed E-state index contributed by atoms with van der Waals surface area (Å²) in [5.74, 6) is 1.53. The summed E-state index contributed by atoms with van der Waals surface area (Å²) < 4.78 is 6.29. The van der Waals surface area contributed by atoms with E-state index in [9.17, 15) is 9.90 Å². The van der Waals surface area contributed by atoms with Crippen molar-refractivity contribution < 1.29 is 14.6 Å². The van der Waals surface area contributed by atoms with E-state index in [0.29, 0.717) is 35.6 Å². The standard InChI is InChI=1S/C24H34O3S2/c1-4-21(29)27-24(20(26)14-25)12-9-19-17-6-5-15-13-16(28)7-10-22(15,2)18(17)8-11-23(19,24)3/h13,17-19,25H,4-12,14H2,1-3H3/t17-,18+,19+,22+,23+,24+/m1/s1. The van der Waals surface area contributed by atoms with Gasteiger partial charge in [0.1, 0.15) is 6.61 Å². The molecule has 0 bridgehead atoms. The second-order valence-corrected chi connectivity index (χ2v) is 11.2. The molecule has 6 atom stereocenters. The first kappa shape index (κ1) is 21.6. The third kappa shape index (κ3) is 3.02. The van der Waals surface area contributed by atoms with Gasteiger partial charge in [-0.15, -0.1) is 0 Å². The number of Topliss-reactive ketones (excluding diaryl/α,β-unsaturated/α-hetero) is 1. The summed E-state index contributed by atoms with van der Waals surface area (Å²) in [5.41, 5.74) is 0.612. The van der Waals surface area contributed by atoms with Crippen LogP contribution in [0.4, 0.5) is 0 Å². The molecule has 0 radical (unpaired) electrons. The van der Waals surface area contributed by atoms with Crippen molar-refractivity contribution in [3.63, 3.8) is 0 Å². The molecule has 29 heavy (non-hydrogen) atoms. The number of carbonyl (C=O) groups excluding carboxylic acids is 1. The van der Waals surface area contributed by atoms with Gasteiger partial charge in [-0.1, -0.05) is 38.6 Å². The van der Waals surface area contributed by atoms with Gasteiger partial charge in [0.05, 0.1) is 0 Å². The average molecular weight is 435 g/mol. The number of hydrogen-bond donors (Lipinski definition) is 1. The maximum absolute atomic E-state index is 13.1. The molecule has 4 aliphatic rings.